The van der Waals surface area contributed by atoms with Crippen molar-refractivity contribution in [2.45, 2.75) is 82.5 Å². The molecule has 6 atom stereocenters. The lowest BCUT2D eigenvalue weighted by atomic mass is 9.27. The molecule has 0 saturated heterocycles. The van der Waals surface area contributed by atoms with E-state index in [2.05, 4.69) is 160 Å². The van der Waals surface area contributed by atoms with E-state index in [-0.39, 0.29) is 16.2 Å². The van der Waals surface area contributed by atoms with Gasteiger partial charge in [-0.3, -0.25) is 0 Å². The molecular formula is C52H49N. The number of benzene rings is 6. The lowest BCUT2D eigenvalue weighted by molar-refractivity contribution is -0.231. The molecule has 12 rings (SSSR count). The molecule has 4 saturated carbocycles. The first kappa shape index (κ1) is 30.8. The lowest BCUT2D eigenvalue weighted by Gasteiger charge is -2.76. The smallest absolute Gasteiger partial charge is 0.0540 e. The summed E-state index contributed by atoms with van der Waals surface area (Å²) in [5.74, 6) is 3.62. The monoisotopic (exact) mass is 687 g/mol. The van der Waals surface area contributed by atoms with Crippen LogP contribution in [0.25, 0.3) is 33.0 Å². The highest BCUT2D eigenvalue weighted by Crippen LogP contribution is 2.89. The van der Waals surface area contributed by atoms with Crippen LogP contribution in [0.2, 0.25) is 0 Å². The van der Waals surface area contributed by atoms with Gasteiger partial charge in [-0.05, 0) is 159 Å². The second kappa shape index (κ2) is 10.1. The Morgan fingerprint density at radius 2 is 1.21 bits per heavy atom. The van der Waals surface area contributed by atoms with Crippen molar-refractivity contribution >= 4 is 27.8 Å². The molecule has 0 aliphatic heterocycles. The van der Waals surface area contributed by atoms with Crippen LogP contribution in [0.1, 0.15) is 88.5 Å². The van der Waals surface area contributed by atoms with E-state index in [1.807, 2.05) is 0 Å². The van der Waals surface area contributed by atoms with Crippen molar-refractivity contribution in [1.29, 1.82) is 0 Å². The van der Waals surface area contributed by atoms with Gasteiger partial charge in [-0.15, -0.1) is 0 Å². The van der Waals surface area contributed by atoms with E-state index < -0.39 is 0 Å². The molecule has 0 heterocycles. The molecule has 0 N–H and O–H groups in total. The van der Waals surface area contributed by atoms with Crippen molar-refractivity contribution in [3.8, 4) is 22.3 Å². The average Bonchev–Trinajstić information content (AvgIpc) is 3.81. The maximum Gasteiger partial charge on any atom is 0.0540 e. The minimum Gasteiger partial charge on any atom is -0.310 e. The van der Waals surface area contributed by atoms with E-state index in [1.54, 1.807) is 11.1 Å². The molecule has 2 spiro atoms. The summed E-state index contributed by atoms with van der Waals surface area (Å²) in [5.41, 5.74) is 16.8. The van der Waals surface area contributed by atoms with Gasteiger partial charge in [0.2, 0.25) is 0 Å². The van der Waals surface area contributed by atoms with Crippen LogP contribution in [0.4, 0.5) is 17.1 Å². The van der Waals surface area contributed by atoms with E-state index in [9.17, 15) is 0 Å². The number of nitrogens with zero attached hydrogens (tertiary/aromatic N) is 1. The van der Waals surface area contributed by atoms with E-state index in [1.165, 1.54) is 99.7 Å². The van der Waals surface area contributed by atoms with Crippen LogP contribution in [0.5, 0.6) is 0 Å². The van der Waals surface area contributed by atoms with E-state index in [0.717, 1.165) is 23.7 Å². The van der Waals surface area contributed by atoms with Crippen molar-refractivity contribution in [2.75, 3.05) is 4.90 Å². The number of hydrogen-bond acceptors (Lipinski definition) is 1. The first-order valence-electron chi connectivity index (χ1n) is 20.5. The first-order valence-corrected chi connectivity index (χ1v) is 20.5. The fourth-order valence-electron chi connectivity index (χ4n) is 13.9. The second-order valence-electron chi connectivity index (χ2n) is 19.2. The quantitative estimate of drug-likeness (QED) is 0.178. The summed E-state index contributed by atoms with van der Waals surface area (Å²) in [6.07, 6.45) is 8.37. The van der Waals surface area contributed by atoms with Crippen molar-refractivity contribution in [3.63, 3.8) is 0 Å². The summed E-state index contributed by atoms with van der Waals surface area (Å²) < 4.78 is 0. The zero-order valence-electron chi connectivity index (χ0n) is 31.6. The topological polar surface area (TPSA) is 3.24 Å². The Balaban J connectivity index is 0.997. The molecule has 6 aromatic rings. The van der Waals surface area contributed by atoms with Crippen LogP contribution < -0.4 is 4.90 Å². The summed E-state index contributed by atoms with van der Waals surface area (Å²) in [6.45, 7) is 9.68. The summed E-state index contributed by atoms with van der Waals surface area (Å²) in [4.78, 5) is 2.53. The van der Waals surface area contributed by atoms with Gasteiger partial charge < -0.3 is 4.90 Å². The highest BCUT2D eigenvalue weighted by molar-refractivity contribution is 6.00. The van der Waals surface area contributed by atoms with Gasteiger partial charge in [0.1, 0.15) is 0 Å². The van der Waals surface area contributed by atoms with Crippen molar-refractivity contribution in [3.05, 3.63) is 150 Å². The number of fused-ring (bicyclic) bond motifs is 10. The van der Waals surface area contributed by atoms with Crippen LogP contribution in [0.3, 0.4) is 0 Å². The van der Waals surface area contributed by atoms with Crippen LogP contribution >= 0.6 is 0 Å². The van der Waals surface area contributed by atoms with Gasteiger partial charge in [0.05, 0.1) is 5.69 Å². The Bertz CT molecular complexity index is 2510. The zero-order chi connectivity index (χ0) is 35.5. The maximum atomic E-state index is 2.57. The first-order chi connectivity index (χ1) is 25.7. The van der Waals surface area contributed by atoms with E-state index in [4.69, 9.17) is 0 Å². The van der Waals surface area contributed by atoms with Crippen molar-refractivity contribution in [1.82, 2.24) is 0 Å². The zero-order valence-corrected chi connectivity index (χ0v) is 31.6. The molecule has 6 aromatic carbocycles. The maximum absolute atomic E-state index is 2.57. The predicted octanol–water partition coefficient (Wildman–Crippen LogP) is 13.7. The highest BCUT2D eigenvalue weighted by Gasteiger charge is 2.84. The molecule has 2 bridgehead atoms. The molecule has 0 amide bonds. The van der Waals surface area contributed by atoms with E-state index >= 15 is 0 Å². The number of hydrogen-bond donors (Lipinski definition) is 0. The third-order valence-electron chi connectivity index (χ3n) is 16.2. The minimum atomic E-state index is 0.189. The van der Waals surface area contributed by atoms with Gasteiger partial charge in [-0.2, -0.15) is 0 Å². The normalized spacial score (nSPS) is 29.9. The second-order valence-corrected chi connectivity index (χ2v) is 19.2. The summed E-state index contributed by atoms with van der Waals surface area (Å²) >= 11 is 0. The van der Waals surface area contributed by atoms with Gasteiger partial charge >= 0.3 is 0 Å². The predicted molar refractivity (Wildman–Crippen MR) is 220 cm³/mol. The summed E-state index contributed by atoms with van der Waals surface area (Å²) in [6, 6.07) is 49.4. The summed E-state index contributed by atoms with van der Waals surface area (Å²) in [7, 11) is 0. The van der Waals surface area contributed by atoms with Gasteiger partial charge in [-0.1, -0.05) is 125 Å². The largest absolute Gasteiger partial charge is 0.310 e. The van der Waals surface area contributed by atoms with Crippen LogP contribution in [-0.4, -0.2) is 0 Å². The van der Waals surface area contributed by atoms with Gasteiger partial charge in [0.15, 0.2) is 0 Å². The molecule has 6 unspecified atom stereocenters. The molecule has 0 radical (unpaired) electrons. The summed E-state index contributed by atoms with van der Waals surface area (Å²) in [5, 5.41) is 2.55. The molecule has 1 heteroatoms. The third kappa shape index (κ3) is 3.75. The SMILES string of the molecule is CC1(C)CCC(C)(C)c2cc(-c3ccc(N(c4ccc5c(c4)-c4ccccc4C54C5CC6CC7CC4C75C6)c4cccc5ccccc45)cc3)ccc21. The average molecular weight is 688 g/mol. The Hall–Kier alpha value is -4.62. The Morgan fingerprint density at radius 1 is 0.528 bits per heavy atom. The number of anilines is 3. The fraction of sp³-hybridized carbons (Fsp3) is 0.346. The molecule has 53 heavy (non-hydrogen) atoms. The molecule has 0 aromatic heterocycles. The Labute approximate surface area is 315 Å². The van der Waals surface area contributed by atoms with Gasteiger partial charge in [-0.25, -0.2) is 0 Å². The number of rotatable bonds is 4. The molecule has 1 nitrogen and oxygen atoms in total. The third-order valence-corrected chi connectivity index (χ3v) is 16.2. The van der Waals surface area contributed by atoms with Crippen molar-refractivity contribution < 1.29 is 0 Å². The molecule has 6 aliphatic rings. The standard InChI is InChI=1S/C52H49N/c1-49(2)24-25-50(3,4)45-28-35(18-22-44(45)49)33-16-19-37(20-17-33)53(46-15-9-11-34-10-5-6-12-39(34)46)38-21-23-43-41(30-38)40-13-7-8-14-42(40)52(43)47-27-32-26-36-29-48(52)51(36,47)31-32/h5-23,28,30,32,36,47-48H,24-27,29,31H2,1-4H3. The van der Waals surface area contributed by atoms with E-state index in [0.29, 0.717) is 5.41 Å². The highest BCUT2D eigenvalue weighted by atomic mass is 15.1. The van der Waals surface area contributed by atoms with Crippen LogP contribution in [0, 0.1) is 29.1 Å². The Kier molecular flexibility index (Phi) is 5.88. The Morgan fingerprint density at radius 3 is 2.06 bits per heavy atom. The molecule has 6 aliphatic carbocycles. The molecule has 262 valence electrons. The molecular weight excluding hydrogens is 639 g/mol. The van der Waals surface area contributed by atoms with Crippen molar-refractivity contribution in [2.24, 2.45) is 29.1 Å². The fourth-order valence-corrected chi connectivity index (χ4v) is 13.9. The van der Waals surface area contributed by atoms with Gasteiger partial charge in [0.25, 0.3) is 0 Å². The van der Waals surface area contributed by atoms with Crippen LogP contribution in [0.15, 0.2) is 127 Å². The van der Waals surface area contributed by atoms with Gasteiger partial charge in [0, 0.05) is 22.2 Å². The minimum absolute atomic E-state index is 0.189. The molecule has 4 fully saturated rings. The lowest BCUT2D eigenvalue weighted by Crippen LogP contribution is -2.73. The van der Waals surface area contributed by atoms with Crippen LogP contribution in [-0.2, 0) is 16.2 Å².